The van der Waals surface area contributed by atoms with Gasteiger partial charge in [-0.1, -0.05) is 12.1 Å². The van der Waals surface area contributed by atoms with Crippen molar-refractivity contribution in [1.29, 1.82) is 0 Å². The number of carbonyl (C=O) groups is 1. The molecule has 1 aliphatic rings. The second-order valence-electron chi connectivity index (χ2n) is 7.07. The fraction of sp³-hybridized carbons (Fsp3) is 0.261. The maximum atomic E-state index is 12.4. The van der Waals surface area contributed by atoms with Crippen LogP contribution in [0, 0.1) is 0 Å². The molecular formula is C23H25N5O3. The molecule has 2 aromatic heterocycles. The van der Waals surface area contributed by atoms with Gasteiger partial charge in [0, 0.05) is 55.5 Å². The van der Waals surface area contributed by atoms with Gasteiger partial charge in [0.2, 0.25) is 0 Å². The quantitative estimate of drug-likeness (QED) is 0.611. The Hall–Kier alpha value is -3.65. The van der Waals surface area contributed by atoms with Crippen molar-refractivity contribution in [3.63, 3.8) is 0 Å². The SMILES string of the molecule is O=C(NCc1cccnc1N1CCOCC1)Nc1cccc(OCc2ccncc2)c1. The van der Waals surface area contributed by atoms with Crippen LogP contribution in [-0.2, 0) is 17.9 Å². The summed E-state index contributed by atoms with van der Waals surface area (Å²) in [4.78, 5) is 23.1. The minimum Gasteiger partial charge on any atom is -0.489 e. The molecule has 1 fully saturated rings. The third-order valence-corrected chi connectivity index (χ3v) is 4.86. The van der Waals surface area contributed by atoms with Crippen molar-refractivity contribution < 1.29 is 14.3 Å². The Morgan fingerprint density at radius 1 is 1.06 bits per heavy atom. The predicted octanol–water partition coefficient (Wildman–Crippen LogP) is 3.21. The summed E-state index contributed by atoms with van der Waals surface area (Å²) in [5, 5.41) is 5.76. The molecule has 0 atom stereocenters. The number of rotatable bonds is 7. The number of benzene rings is 1. The van der Waals surface area contributed by atoms with E-state index in [0.717, 1.165) is 30.0 Å². The molecule has 0 aliphatic carbocycles. The molecule has 0 saturated carbocycles. The molecular weight excluding hydrogens is 394 g/mol. The molecule has 3 aromatic rings. The van der Waals surface area contributed by atoms with E-state index in [0.29, 0.717) is 37.8 Å². The van der Waals surface area contributed by atoms with Crippen molar-refractivity contribution >= 4 is 17.5 Å². The van der Waals surface area contributed by atoms with Gasteiger partial charge in [0.1, 0.15) is 18.2 Å². The van der Waals surface area contributed by atoms with E-state index in [1.807, 2.05) is 42.5 Å². The molecule has 0 unspecified atom stereocenters. The van der Waals surface area contributed by atoms with E-state index in [-0.39, 0.29) is 6.03 Å². The zero-order valence-electron chi connectivity index (χ0n) is 17.2. The summed E-state index contributed by atoms with van der Waals surface area (Å²) in [6.45, 7) is 3.77. The summed E-state index contributed by atoms with van der Waals surface area (Å²) in [5.74, 6) is 1.56. The van der Waals surface area contributed by atoms with Gasteiger partial charge in [0.25, 0.3) is 0 Å². The summed E-state index contributed by atoms with van der Waals surface area (Å²) in [7, 11) is 0. The molecule has 8 nitrogen and oxygen atoms in total. The molecule has 31 heavy (non-hydrogen) atoms. The number of morpholine rings is 1. The number of anilines is 2. The van der Waals surface area contributed by atoms with Crippen LogP contribution in [-0.4, -0.2) is 42.3 Å². The van der Waals surface area contributed by atoms with Crippen molar-refractivity contribution in [2.24, 2.45) is 0 Å². The molecule has 3 heterocycles. The van der Waals surface area contributed by atoms with Gasteiger partial charge in [-0.25, -0.2) is 9.78 Å². The lowest BCUT2D eigenvalue weighted by Gasteiger charge is -2.29. The Labute approximate surface area is 181 Å². The number of ether oxygens (including phenoxy) is 2. The lowest BCUT2D eigenvalue weighted by molar-refractivity contribution is 0.122. The van der Waals surface area contributed by atoms with Gasteiger partial charge in [0.05, 0.1) is 13.2 Å². The Morgan fingerprint density at radius 2 is 1.90 bits per heavy atom. The first-order valence-electron chi connectivity index (χ1n) is 10.2. The summed E-state index contributed by atoms with van der Waals surface area (Å²) in [5.41, 5.74) is 2.65. The van der Waals surface area contributed by atoms with Gasteiger partial charge >= 0.3 is 6.03 Å². The number of amides is 2. The molecule has 2 N–H and O–H groups in total. The minimum atomic E-state index is -0.289. The third kappa shape index (κ3) is 5.93. The number of hydrogen-bond acceptors (Lipinski definition) is 6. The summed E-state index contributed by atoms with van der Waals surface area (Å²) in [6.07, 6.45) is 5.23. The van der Waals surface area contributed by atoms with Gasteiger partial charge in [-0.05, 0) is 35.9 Å². The predicted molar refractivity (Wildman–Crippen MR) is 118 cm³/mol. The first kappa shape index (κ1) is 20.6. The van der Waals surface area contributed by atoms with Crippen LogP contribution in [0.15, 0.2) is 67.1 Å². The molecule has 4 rings (SSSR count). The highest BCUT2D eigenvalue weighted by Gasteiger charge is 2.16. The maximum Gasteiger partial charge on any atom is 0.319 e. The molecule has 1 aliphatic heterocycles. The number of nitrogens with zero attached hydrogens (tertiary/aromatic N) is 3. The number of nitrogens with one attached hydrogen (secondary N) is 2. The van der Waals surface area contributed by atoms with Crippen LogP contribution in [0.1, 0.15) is 11.1 Å². The summed E-state index contributed by atoms with van der Waals surface area (Å²) in [6, 6.07) is 14.7. The van der Waals surface area contributed by atoms with E-state index in [9.17, 15) is 4.79 Å². The van der Waals surface area contributed by atoms with E-state index in [2.05, 4.69) is 25.5 Å². The maximum absolute atomic E-state index is 12.4. The molecule has 1 saturated heterocycles. The number of hydrogen-bond donors (Lipinski definition) is 2. The van der Waals surface area contributed by atoms with Crippen LogP contribution in [0.3, 0.4) is 0 Å². The van der Waals surface area contributed by atoms with E-state index >= 15 is 0 Å². The normalized spacial score (nSPS) is 13.5. The van der Waals surface area contributed by atoms with Gasteiger partial charge in [0.15, 0.2) is 0 Å². The van der Waals surface area contributed by atoms with E-state index in [1.54, 1.807) is 24.7 Å². The molecule has 0 spiro atoms. The van der Waals surface area contributed by atoms with Crippen LogP contribution >= 0.6 is 0 Å². The number of carbonyl (C=O) groups excluding carboxylic acids is 1. The molecule has 1 aromatic carbocycles. The van der Waals surface area contributed by atoms with Crippen LogP contribution in [0.25, 0.3) is 0 Å². The van der Waals surface area contributed by atoms with Crippen molar-refractivity contribution in [2.75, 3.05) is 36.5 Å². The molecule has 2 amide bonds. The van der Waals surface area contributed by atoms with Crippen LogP contribution in [0.5, 0.6) is 5.75 Å². The average Bonchev–Trinajstić information content (AvgIpc) is 2.83. The monoisotopic (exact) mass is 419 g/mol. The fourth-order valence-corrected chi connectivity index (χ4v) is 3.29. The van der Waals surface area contributed by atoms with Crippen molar-refractivity contribution in [2.45, 2.75) is 13.2 Å². The molecule has 8 heteroatoms. The largest absolute Gasteiger partial charge is 0.489 e. The topological polar surface area (TPSA) is 88.6 Å². The van der Waals surface area contributed by atoms with E-state index in [1.165, 1.54) is 0 Å². The van der Waals surface area contributed by atoms with Crippen LogP contribution < -0.4 is 20.3 Å². The molecule has 0 bridgehead atoms. The lowest BCUT2D eigenvalue weighted by Crippen LogP contribution is -2.38. The fourth-order valence-electron chi connectivity index (χ4n) is 3.29. The summed E-state index contributed by atoms with van der Waals surface area (Å²) < 4.78 is 11.2. The Balaban J connectivity index is 1.31. The highest BCUT2D eigenvalue weighted by atomic mass is 16.5. The van der Waals surface area contributed by atoms with Gasteiger partial charge < -0.3 is 25.0 Å². The van der Waals surface area contributed by atoms with Crippen LogP contribution in [0.4, 0.5) is 16.3 Å². The standard InChI is InChI=1S/C23H25N5O3/c29-23(26-16-19-3-2-8-25-22(19)28-11-13-30-14-12-28)27-20-4-1-5-21(15-20)31-17-18-6-9-24-10-7-18/h1-10,15H,11-14,16-17H2,(H2,26,27,29). The second kappa shape index (κ2) is 10.4. The Kier molecular flexibility index (Phi) is 6.92. The number of aromatic nitrogens is 2. The molecule has 0 radical (unpaired) electrons. The number of pyridine rings is 2. The van der Waals surface area contributed by atoms with Crippen molar-refractivity contribution in [3.8, 4) is 5.75 Å². The first-order chi connectivity index (χ1) is 15.3. The van der Waals surface area contributed by atoms with Crippen LogP contribution in [0.2, 0.25) is 0 Å². The van der Waals surface area contributed by atoms with Gasteiger partial charge in [-0.3, -0.25) is 4.98 Å². The first-order valence-corrected chi connectivity index (χ1v) is 10.2. The zero-order valence-corrected chi connectivity index (χ0v) is 17.2. The van der Waals surface area contributed by atoms with Crippen molar-refractivity contribution in [1.82, 2.24) is 15.3 Å². The Bertz CT molecular complexity index is 993. The van der Waals surface area contributed by atoms with Crippen molar-refractivity contribution in [3.05, 3.63) is 78.2 Å². The van der Waals surface area contributed by atoms with E-state index < -0.39 is 0 Å². The van der Waals surface area contributed by atoms with Gasteiger partial charge in [-0.15, -0.1) is 0 Å². The highest BCUT2D eigenvalue weighted by Crippen LogP contribution is 2.20. The molecule has 160 valence electrons. The smallest absolute Gasteiger partial charge is 0.319 e. The number of urea groups is 1. The lowest BCUT2D eigenvalue weighted by atomic mass is 10.2. The summed E-state index contributed by atoms with van der Waals surface area (Å²) >= 11 is 0. The minimum absolute atomic E-state index is 0.289. The zero-order chi connectivity index (χ0) is 21.3. The van der Waals surface area contributed by atoms with E-state index in [4.69, 9.17) is 9.47 Å². The average molecular weight is 419 g/mol. The third-order valence-electron chi connectivity index (χ3n) is 4.86. The highest BCUT2D eigenvalue weighted by molar-refractivity contribution is 5.89. The van der Waals surface area contributed by atoms with Gasteiger partial charge in [-0.2, -0.15) is 0 Å². The second-order valence-corrected chi connectivity index (χ2v) is 7.07. The Morgan fingerprint density at radius 3 is 2.74 bits per heavy atom.